The summed E-state index contributed by atoms with van der Waals surface area (Å²) in [6.45, 7) is 8.25. The Balaban J connectivity index is 2.24. The molecule has 0 radical (unpaired) electrons. The lowest BCUT2D eigenvalue weighted by Crippen LogP contribution is -2.17. The van der Waals surface area contributed by atoms with Gasteiger partial charge >= 0.3 is 0 Å². The maximum Gasteiger partial charge on any atom is 0.286 e. The van der Waals surface area contributed by atoms with Gasteiger partial charge in [-0.2, -0.15) is 4.99 Å². The molecule has 1 amide bonds. The van der Waals surface area contributed by atoms with Gasteiger partial charge in [0.1, 0.15) is 5.56 Å². The number of ether oxygens (including phenoxy) is 2. The van der Waals surface area contributed by atoms with Gasteiger partial charge in [-0.1, -0.05) is 17.4 Å². The Morgan fingerprint density at radius 2 is 1.83 bits per heavy atom. The van der Waals surface area contributed by atoms with Gasteiger partial charge in [0.25, 0.3) is 11.6 Å². The average Bonchev–Trinajstić information content (AvgIpc) is 3.03. The van der Waals surface area contributed by atoms with Crippen molar-refractivity contribution in [2.24, 2.45) is 4.99 Å². The number of nitrogens with zero attached hydrogens (tertiary/aromatic N) is 3. The Hall–Kier alpha value is -3.46. The van der Waals surface area contributed by atoms with Crippen LogP contribution in [0, 0.1) is 24.0 Å². The zero-order valence-electron chi connectivity index (χ0n) is 17.1. The molecule has 0 saturated carbocycles. The first-order valence-electron chi connectivity index (χ1n) is 9.01. The zero-order valence-corrected chi connectivity index (χ0v) is 17.9. The van der Waals surface area contributed by atoms with Gasteiger partial charge in [0, 0.05) is 12.6 Å². The highest BCUT2D eigenvalue weighted by atomic mass is 32.1. The van der Waals surface area contributed by atoms with Crippen LogP contribution in [0.15, 0.2) is 41.9 Å². The molecule has 0 aliphatic rings. The number of nitro benzene ring substituents is 1. The number of aromatic nitrogens is 1. The van der Waals surface area contributed by atoms with E-state index in [1.54, 1.807) is 6.08 Å². The summed E-state index contributed by atoms with van der Waals surface area (Å²) in [6, 6.07) is 6.52. The van der Waals surface area contributed by atoms with E-state index in [2.05, 4.69) is 11.6 Å². The highest BCUT2D eigenvalue weighted by molar-refractivity contribution is 7.16. The molecule has 1 aromatic heterocycles. The van der Waals surface area contributed by atoms with Gasteiger partial charge in [-0.25, -0.2) is 0 Å². The van der Waals surface area contributed by atoms with Crippen LogP contribution in [0.5, 0.6) is 11.5 Å². The molecule has 1 heterocycles. The van der Waals surface area contributed by atoms with Crippen LogP contribution >= 0.6 is 11.3 Å². The van der Waals surface area contributed by atoms with E-state index in [1.165, 1.54) is 31.6 Å². The normalized spacial score (nSPS) is 11.5. The van der Waals surface area contributed by atoms with Crippen LogP contribution in [0.2, 0.25) is 0 Å². The maximum atomic E-state index is 13.0. The number of aryl methyl sites for hydroxylation is 2. The summed E-state index contributed by atoms with van der Waals surface area (Å²) in [7, 11) is 2.76. The van der Waals surface area contributed by atoms with Crippen LogP contribution in [0.3, 0.4) is 0 Å². The second kappa shape index (κ2) is 8.50. The smallest absolute Gasteiger partial charge is 0.286 e. The first kappa shape index (κ1) is 21.3. The number of allylic oxidation sites excluding steroid dienone is 1. The Labute approximate surface area is 176 Å². The minimum atomic E-state index is -0.736. The van der Waals surface area contributed by atoms with Gasteiger partial charge in [-0.3, -0.25) is 14.9 Å². The van der Waals surface area contributed by atoms with E-state index in [0.717, 1.165) is 27.4 Å². The van der Waals surface area contributed by atoms with E-state index in [4.69, 9.17) is 9.47 Å². The number of thiazole rings is 1. The summed E-state index contributed by atoms with van der Waals surface area (Å²) in [6.07, 6.45) is 1.71. The number of hydrogen-bond donors (Lipinski definition) is 0. The number of carbonyl (C=O) groups excluding carboxylic acids is 1. The van der Waals surface area contributed by atoms with Crippen molar-refractivity contribution in [2.45, 2.75) is 20.4 Å². The SMILES string of the molecule is C=CCn1c(=NC(=O)c2cc(OC)c(OC)cc2[N+](=O)[O-])sc2cc(C)c(C)cc21. The fraction of sp³-hybridized carbons (Fsp3) is 0.238. The largest absolute Gasteiger partial charge is 0.493 e. The van der Waals surface area contributed by atoms with Crippen LogP contribution in [0.4, 0.5) is 5.69 Å². The standard InChI is InChI=1S/C21H21N3O5S/c1-6-7-23-16-8-12(2)13(3)9-19(16)30-21(23)22-20(25)14-10-17(28-4)18(29-5)11-15(14)24(26)27/h6,8-11H,1,7H2,2-5H3. The molecule has 8 nitrogen and oxygen atoms in total. The molecular weight excluding hydrogens is 406 g/mol. The summed E-state index contributed by atoms with van der Waals surface area (Å²) < 4.78 is 13.1. The highest BCUT2D eigenvalue weighted by Gasteiger charge is 2.24. The lowest BCUT2D eigenvalue weighted by molar-refractivity contribution is -0.385. The Morgan fingerprint density at radius 1 is 1.20 bits per heavy atom. The van der Waals surface area contributed by atoms with Gasteiger partial charge in [-0.15, -0.1) is 6.58 Å². The van der Waals surface area contributed by atoms with Gasteiger partial charge in [0.05, 0.1) is 35.4 Å². The fourth-order valence-corrected chi connectivity index (χ4v) is 4.17. The van der Waals surface area contributed by atoms with Crippen LogP contribution in [0.1, 0.15) is 21.5 Å². The number of nitro groups is 1. The molecule has 0 aliphatic heterocycles. The number of methoxy groups -OCH3 is 2. The summed E-state index contributed by atoms with van der Waals surface area (Å²) >= 11 is 1.34. The molecule has 0 N–H and O–H groups in total. The number of carbonyl (C=O) groups is 1. The molecule has 9 heteroatoms. The highest BCUT2D eigenvalue weighted by Crippen LogP contribution is 2.34. The molecule has 0 aliphatic carbocycles. The molecule has 0 fully saturated rings. The van der Waals surface area contributed by atoms with E-state index in [1.807, 2.05) is 30.5 Å². The number of fused-ring (bicyclic) bond motifs is 1. The minimum Gasteiger partial charge on any atom is -0.493 e. The second-order valence-corrected chi connectivity index (χ2v) is 7.60. The molecule has 0 atom stereocenters. The van der Waals surface area contributed by atoms with Crippen molar-refractivity contribution in [1.82, 2.24) is 4.57 Å². The molecule has 156 valence electrons. The van der Waals surface area contributed by atoms with Gasteiger partial charge in [0.15, 0.2) is 16.3 Å². The van der Waals surface area contributed by atoms with Gasteiger partial charge in [-0.05, 0) is 37.1 Å². The topological polar surface area (TPSA) is 96.0 Å². The third-order valence-corrected chi connectivity index (χ3v) is 5.78. The lowest BCUT2D eigenvalue weighted by Gasteiger charge is -2.09. The molecule has 30 heavy (non-hydrogen) atoms. The van der Waals surface area contributed by atoms with Crippen molar-refractivity contribution < 1.29 is 19.2 Å². The quantitative estimate of drug-likeness (QED) is 0.334. The Kier molecular flexibility index (Phi) is 6.02. The molecule has 0 saturated heterocycles. The van der Waals surface area contributed by atoms with E-state index < -0.39 is 16.5 Å². The fourth-order valence-electron chi connectivity index (χ4n) is 3.05. The van der Waals surface area contributed by atoms with Crippen molar-refractivity contribution in [3.05, 3.63) is 68.5 Å². The molecule has 0 spiro atoms. The third-order valence-electron chi connectivity index (χ3n) is 4.74. The number of amides is 1. The van der Waals surface area contributed by atoms with E-state index in [9.17, 15) is 14.9 Å². The number of hydrogen-bond acceptors (Lipinski definition) is 6. The van der Waals surface area contributed by atoms with Crippen molar-refractivity contribution in [1.29, 1.82) is 0 Å². The van der Waals surface area contributed by atoms with E-state index in [-0.39, 0.29) is 17.1 Å². The van der Waals surface area contributed by atoms with Crippen LogP contribution in [-0.2, 0) is 6.54 Å². The second-order valence-electron chi connectivity index (χ2n) is 6.59. The first-order valence-corrected chi connectivity index (χ1v) is 9.83. The Morgan fingerprint density at radius 3 is 2.43 bits per heavy atom. The average molecular weight is 427 g/mol. The van der Waals surface area contributed by atoms with Gasteiger partial charge < -0.3 is 14.0 Å². The van der Waals surface area contributed by atoms with Crippen LogP contribution in [-0.4, -0.2) is 29.6 Å². The van der Waals surface area contributed by atoms with Crippen molar-refractivity contribution in [3.63, 3.8) is 0 Å². The predicted octanol–water partition coefficient (Wildman–Crippen LogP) is 4.17. The van der Waals surface area contributed by atoms with Crippen molar-refractivity contribution in [3.8, 4) is 11.5 Å². The monoisotopic (exact) mass is 427 g/mol. The molecule has 0 unspecified atom stereocenters. The zero-order chi connectivity index (χ0) is 22.0. The Bertz CT molecular complexity index is 1240. The third kappa shape index (κ3) is 3.84. The molecule has 3 rings (SSSR count). The summed E-state index contributed by atoms with van der Waals surface area (Å²) in [5.74, 6) is -0.362. The first-order chi connectivity index (χ1) is 14.3. The maximum absolute atomic E-state index is 13.0. The molecular formula is C21H21N3O5S. The van der Waals surface area contributed by atoms with E-state index >= 15 is 0 Å². The number of benzene rings is 2. The van der Waals surface area contributed by atoms with E-state index in [0.29, 0.717) is 11.3 Å². The van der Waals surface area contributed by atoms with Crippen LogP contribution < -0.4 is 14.3 Å². The van der Waals surface area contributed by atoms with Gasteiger partial charge in [0.2, 0.25) is 0 Å². The molecule has 2 aromatic carbocycles. The minimum absolute atomic E-state index is 0.162. The number of rotatable bonds is 6. The van der Waals surface area contributed by atoms with Crippen molar-refractivity contribution >= 4 is 33.1 Å². The van der Waals surface area contributed by atoms with Crippen molar-refractivity contribution in [2.75, 3.05) is 14.2 Å². The summed E-state index contributed by atoms with van der Waals surface area (Å²) in [5.41, 5.74) is 2.60. The summed E-state index contributed by atoms with van der Waals surface area (Å²) in [5, 5.41) is 11.5. The predicted molar refractivity (Wildman–Crippen MR) is 116 cm³/mol. The molecule has 0 bridgehead atoms. The summed E-state index contributed by atoms with van der Waals surface area (Å²) in [4.78, 5) is 28.5. The molecule has 3 aromatic rings. The van der Waals surface area contributed by atoms with Crippen LogP contribution in [0.25, 0.3) is 10.2 Å². The lowest BCUT2D eigenvalue weighted by atomic mass is 10.1.